The molecule has 0 aliphatic carbocycles. The van der Waals surface area contributed by atoms with E-state index >= 15 is 0 Å². The molecule has 0 aliphatic heterocycles. The van der Waals surface area contributed by atoms with E-state index in [1.807, 2.05) is 30.3 Å². The minimum atomic E-state index is 0.235. The van der Waals surface area contributed by atoms with Crippen molar-refractivity contribution in [1.82, 2.24) is 20.2 Å². The third-order valence-electron chi connectivity index (χ3n) is 4.20. The molecule has 6 heteroatoms. The van der Waals surface area contributed by atoms with Crippen LogP contribution in [-0.4, -0.2) is 34.5 Å². The molecular formula is C19H24N4OS. The Morgan fingerprint density at radius 3 is 2.76 bits per heavy atom. The second-order valence-corrected chi connectivity index (χ2v) is 6.60. The molecule has 3 aromatic heterocycles. The Labute approximate surface area is 152 Å². The van der Waals surface area contributed by atoms with Crippen molar-refractivity contribution in [2.45, 2.75) is 26.4 Å². The maximum Gasteiger partial charge on any atom is 0.142 e. The van der Waals surface area contributed by atoms with Crippen LogP contribution in [0.25, 0.3) is 10.7 Å². The van der Waals surface area contributed by atoms with Gasteiger partial charge in [-0.15, -0.1) is 11.3 Å². The first-order valence-corrected chi connectivity index (χ1v) is 9.53. The molecule has 0 aliphatic rings. The first kappa shape index (κ1) is 17.8. The van der Waals surface area contributed by atoms with Crippen molar-refractivity contribution < 1.29 is 4.42 Å². The van der Waals surface area contributed by atoms with Gasteiger partial charge >= 0.3 is 0 Å². The van der Waals surface area contributed by atoms with Gasteiger partial charge in [0.05, 0.1) is 23.7 Å². The van der Waals surface area contributed by atoms with Gasteiger partial charge in [0.25, 0.3) is 0 Å². The second-order valence-electron chi connectivity index (χ2n) is 5.74. The van der Waals surface area contributed by atoms with Crippen molar-refractivity contribution in [3.8, 4) is 10.7 Å². The Hall–Kier alpha value is -2.02. The highest BCUT2D eigenvalue weighted by Gasteiger charge is 2.20. The van der Waals surface area contributed by atoms with Crippen molar-refractivity contribution in [1.29, 1.82) is 0 Å². The molecule has 5 nitrogen and oxygen atoms in total. The molecule has 0 saturated carbocycles. The molecule has 0 aromatic carbocycles. The van der Waals surface area contributed by atoms with E-state index in [2.05, 4.69) is 39.4 Å². The fourth-order valence-corrected chi connectivity index (χ4v) is 3.68. The Bertz CT molecular complexity index is 738. The lowest BCUT2D eigenvalue weighted by atomic mass is 10.2. The summed E-state index contributed by atoms with van der Waals surface area (Å²) in [6.07, 6.45) is 3.54. The molecule has 0 radical (unpaired) electrons. The fraction of sp³-hybridized carbons (Fsp3) is 0.368. The average Bonchev–Trinajstić information content (AvgIpc) is 3.34. The van der Waals surface area contributed by atoms with Crippen LogP contribution in [0.15, 0.2) is 52.6 Å². The van der Waals surface area contributed by atoms with Gasteiger partial charge in [-0.2, -0.15) is 0 Å². The number of pyridine rings is 1. The molecule has 3 aromatic rings. The van der Waals surface area contributed by atoms with Gasteiger partial charge < -0.3 is 9.73 Å². The normalized spacial score (nSPS) is 12.6. The number of hydrogen-bond donors (Lipinski definition) is 1. The van der Waals surface area contributed by atoms with Crippen LogP contribution in [0.5, 0.6) is 0 Å². The van der Waals surface area contributed by atoms with Gasteiger partial charge in [-0.3, -0.25) is 9.88 Å². The van der Waals surface area contributed by atoms with Crippen molar-refractivity contribution >= 4 is 11.3 Å². The SMILES string of the molecule is CCN(CC)C(CNCc1csc(-c2ccccn2)n1)c1ccco1. The fourth-order valence-electron chi connectivity index (χ4n) is 2.89. The topological polar surface area (TPSA) is 54.2 Å². The summed E-state index contributed by atoms with van der Waals surface area (Å²) in [5.74, 6) is 1.00. The first-order chi connectivity index (χ1) is 12.3. The van der Waals surface area contributed by atoms with Crippen molar-refractivity contribution in [3.05, 3.63) is 59.6 Å². The number of rotatable bonds is 9. The van der Waals surface area contributed by atoms with E-state index in [4.69, 9.17) is 4.42 Å². The highest BCUT2D eigenvalue weighted by atomic mass is 32.1. The summed E-state index contributed by atoms with van der Waals surface area (Å²) in [5.41, 5.74) is 1.97. The number of nitrogens with zero attached hydrogens (tertiary/aromatic N) is 3. The summed E-state index contributed by atoms with van der Waals surface area (Å²) < 4.78 is 5.64. The minimum absolute atomic E-state index is 0.235. The molecule has 0 spiro atoms. The quantitative estimate of drug-likeness (QED) is 0.629. The van der Waals surface area contributed by atoms with Gasteiger partial charge in [-0.25, -0.2) is 4.98 Å². The zero-order valence-electron chi connectivity index (χ0n) is 14.7. The lowest BCUT2D eigenvalue weighted by Gasteiger charge is -2.28. The first-order valence-electron chi connectivity index (χ1n) is 8.65. The van der Waals surface area contributed by atoms with Crippen LogP contribution in [-0.2, 0) is 6.54 Å². The average molecular weight is 356 g/mol. The molecule has 0 bridgehead atoms. The van der Waals surface area contributed by atoms with Gasteiger partial charge in [0, 0.05) is 24.7 Å². The van der Waals surface area contributed by atoms with Gasteiger partial charge in [0.15, 0.2) is 0 Å². The van der Waals surface area contributed by atoms with Crippen LogP contribution < -0.4 is 5.32 Å². The molecule has 3 rings (SSSR count). The molecule has 1 N–H and O–H groups in total. The van der Waals surface area contributed by atoms with Gasteiger partial charge in [0.2, 0.25) is 0 Å². The number of nitrogens with one attached hydrogen (secondary N) is 1. The number of aromatic nitrogens is 2. The van der Waals surface area contributed by atoms with Crippen LogP contribution in [0.4, 0.5) is 0 Å². The second kappa shape index (κ2) is 8.89. The third kappa shape index (κ3) is 4.54. The molecule has 132 valence electrons. The molecule has 0 saturated heterocycles. The Balaban J connectivity index is 1.60. The van der Waals surface area contributed by atoms with Crippen LogP contribution >= 0.6 is 11.3 Å². The van der Waals surface area contributed by atoms with E-state index in [0.717, 1.165) is 48.3 Å². The molecule has 0 amide bonds. The molecule has 1 atom stereocenters. The molecule has 25 heavy (non-hydrogen) atoms. The minimum Gasteiger partial charge on any atom is -0.468 e. The highest BCUT2D eigenvalue weighted by molar-refractivity contribution is 7.13. The van der Waals surface area contributed by atoms with E-state index in [0.29, 0.717) is 0 Å². The Morgan fingerprint density at radius 2 is 2.08 bits per heavy atom. The monoisotopic (exact) mass is 356 g/mol. The van der Waals surface area contributed by atoms with Gasteiger partial charge in [-0.05, 0) is 37.4 Å². The van der Waals surface area contributed by atoms with E-state index < -0.39 is 0 Å². The molecule has 0 fully saturated rings. The zero-order chi connectivity index (χ0) is 17.5. The van der Waals surface area contributed by atoms with E-state index in [9.17, 15) is 0 Å². The summed E-state index contributed by atoms with van der Waals surface area (Å²) in [5, 5.41) is 6.58. The lowest BCUT2D eigenvalue weighted by Crippen LogP contribution is -2.35. The third-order valence-corrected chi connectivity index (χ3v) is 5.12. The number of furan rings is 1. The largest absolute Gasteiger partial charge is 0.468 e. The Morgan fingerprint density at radius 1 is 1.20 bits per heavy atom. The highest BCUT2D eigenvalue weighted by Crippen LogP contribution is 2.22. The summed E-state index contributed by atoms with van der Waals surface area (Å²) >= 11 is 1.63. The lowest BCUT2D eigenvalue weighted by molar-refractivity contribution is 0.188. The number of likely N-dealkylation sites (N-methyl/N-ethyl adjacent to an activating group) is 1. The van der Waals surface area contributed by atoms with Gasteiger partial charge in [-0.1, -0.05) is 19.9 Å². The van der Waals surface area contributed by atoms with Crippen LogP contribution in [0.1, 0.15) is 31.3 Å². The van der Waals surface area contributed by atoms with Crippen molar-refractivity contribution in [2.75, 3.05) is 19.6 Å². The van der Waals surface area contributed by atoms with E-state index in [1.54, 1.807) is 23.8 Å². The van der Waals surface area contributed by atoms with E-state index in [-0.39, 0.29) is 6.04 Å². The predicted octanol–water partition coefficient (Wildman–Crippen LogP) is 3.97. The van der Waals surface area contributed by atoms with Gasteiger partial charge in [0.1, 0.15) is 10.8 Å². The van der Waals surface area contributed by atoms with Crippen molar-refractivity contribution in [2.24, 2.45) is 0 Å². The number of hydrogen-bond acceptors (Lipinski definition) is 6. The number of thiazole rings is 1. The smallest absolute Gasteiger partial charge is 0.142 e. The molecular weight excluding hydrogens is 332 g/mol. The summed E-state index contributed by atoms with van der Waals surface area (Å²) in [6.45, 7) is 7.90. The Kier molecular flexibility index (Phi) is 6.33. The molecule has 3 heterocycles. The van der Waals surface area contributed by atoms with Crippen molar-refractivity contribution in [3.63, 3.8) is 0 Å². The maximum absolute atomic E-state index is 5.64. The summed E-state index contributed by atoms with van der Waals surface area (Å²) in [4.78, 5) is 11.4. The van der Waals surface area contributed by atoms with Crippen LogP contribution in [0.3, 0.4) is 0 Å². The predicted molar refractivity (Wildman–Crippen MR) is 101 cm³/mol. The van der Waals surface area contributed by atoms with E-state index in [1.165, 1.54) is 0 Å². The summed E-state index contributed by atoms with van der Waals surface area (Å²) in [7, 11) is 0. The zero-order valence-corrected chi connectivity index (χ0v) is 15.5. The maximum atomic E-state index is 5.64. The van der Waals surface area contributed by atoms with Crippen LogP contribution in [0.2, 0.25) is 0 Å². The molecule has 1 unspecified atom stereocenters. The standard InChI is InChI=1S/C19H24N4OS/c1-3-23(4-2)17(18-9-7-11-24-18)13-20-12-15-14-25-19(22-15)16-8-5-6-10-21-16/h5-11,14,17,20H,3-4,12-13H2,1-2H3. The summed E-state index contributed by atoms with van der Waals surface area (Å²) in [6, 6.07) is 10.1. The van der Waals surface area contributed by atoms with Crippen LogP contribution in [0, 0.1) is 0 Å².